The Bertz CT molecular complexity index is 1460. The summed E-state index contributed by atoms with van der Waals surface area (Å²) in [6.45, 7) is 10.2. The number of rotatable bonds is 5. The average Bonchev–Trinajstić information content (AvgIpc) is 3.35. The van der Waals surface area contributed by atoms with Gasteiger partial charge in [-0.15, -0.1) is 0 Å². The van der Waals surface area contributed by atoms with E-state index in [0.29, 0.717) is 5.11 Å². The van der Waals surface area contributed by atoms with Crippen molar-refractivity contribution in [1.82, 2.24) is 14.9 Å². The first-order valence-corrected chi connectivity index (χ1v) is 12.8. The Hall–Kier alpha value is -3.97. The predicted molar refractivity (Wildman–Crippen MR) is 153 cm³/mol. The van der Waals surface area contributed by atoms with E-state index < -0.39 is 0 Å². The molecule has 1 aliphatic heterocycles. The molecule has 5 rings (SSSR count). The first-order chi connectivity index (χ1) is 17.8. The van der Waals surface area contributed by atoms with Crippen molar-refractivity contribution >= 4 is 34.6 Å². The molecule has 0 radical (unpaired) electrons. The van der Waals surface area contributed by atoms with Gasteiger partial charge in [-0.2, -0.15) is 0 Å². The van der Waals surface area contributed by atoms with Crippen LogP contribution in [-0.2, 0) is 4.79 Å². The Morgan fingerprint density at radius 3 is 2.30 bits per heavy atom. The van der Waals surface area contributed by atoms with Gasteiger partial charge in [-0.25, -0.2) is 0 Å². The Kier molecular flexibility index (Phi) is 6.56. The quantitative estimate of drug-likeness (QED) is 0.312. The molecule has 1 amide bonds. The standard InChI is InChI=1S/C30H31N5OS/c1-18-9-8-10-19(2)28(18)34-20(3)17-25(21(34)4)29-27(26-11-6-7-16-31-26)33-30(37)35(29)24-14-12-23(13-15-24)32-22(5)36/h6-17,27,29H,1-5H3,(H,32,36)(H,33,37)/t27-,29+/m0/s1. The molecule has 1 fully saturated rings. The van der Waals surface area contributed by atoms with Crippen LogP contribution in [0.1, 0.15) is 52.8 Å². The van der Waals surface area contributed by atoms with Gasteiger partial charge in [-0.05, 0) is 99.1 Å². The van der Waals surface area contributed by atoms with E-state index in [9.17, 15) is 4.79 Å². The van der Waals surface area contributed by atoms with Gasteiger partial charge in [0, 0.05) is 35.9 Å². The highest BCUT2D eigenvalue weighted by Crippen LogP contribution is 2.44. The summed E-state index contributed by atoms with van der Waals surface area (Å²) in [4.78, 5) is 18.4. The van der Waals surface area contributed by atoms with Crippen molar-refractivity contribution in [2.45, 2.75) is 46.7 Å². The predicted octanol–water partition coefficient (Wildman–Crippen LogP) is 6.24. The van der Waals surface area contributed by atoms with Crippen LogP contribution in [0.5, 0.6) is 0 Å². The summed E-state index contributed by atoms with van der Waals surface area (Å²) in [5.74, 6) is -0.0989. The van der Waals surface area contributed by atoms with Gasteiger partial charge in [0.25, 0.3) is 0 Å². The third-order valence-electron chi connectivity index (χ3n) is 7.02. The number of pyridine rings is 1. The van der Waals surface area contributed by atoms with Crippen molar-refractivity contribution < 1.29 is 4.79 Å². The molecule has 1 aliphatic rings. The van der Waals surface area contributed by atoms with Crippen LogP contribution in [0.3, 0.4) is 0 Å². The number of nitrogens with zero attached hydrogens (tertiary/aromatic N) is 3. The fourth-order valence-corrected chi connectivity index (χ4v) is 5.79. The van der Waals surface area contributed by atoms with E-state index in [2.05, 4.69) is 77.0 Å². The van der Waals surface area contributed by atoms with Crippen LogP contribution >= 0.6 is 12.2 Å². The minimum absolute atomic E-state index is 0.0989. The average molecular weight is 510 g/mol. The van der Waals surface area contributed by atoms with Crippen LogP contribution < -0.4 is 15.5 Å². The molecule has 0 saturated carbocycles. The second-order valence-corrected chi connectivity index (χ2v) is 10.0. The molecule has 6 nitrogen and oxygen atoms in total. The summed E-state index contributed by atoms with van der Waals surface area (Å²) in [5, 5.41) is 7.03. The highest BCUT2D eigenvalue weighted by atomic mass is 32.1. The number of aromatic nitrogens is 2. The highest BCUT2D eigenvalue weighted by Gasteiger charge is 2.42. The van der Waals surface area contributed by atoms with E-state index in [1.54, 1.807) is 0 Å². The molecule has 0 spiro atoms. The lowest BCUT2D eigenvalue weighted by molar-refractivity contribution is -0.114. The van der Waals surface area contributed by atoms with Gasteiger partial charge in [0.05, 0.1) is 23.5 Å². The van der Waals surface area contributed by atoms with E-state index >= 15 is 0 Å². The van der Waals surface area contributed by atoms with Crippen LogP contribution in [0.2, 0.25) is 0 Å². The van der Waals surface area contributed by atoms with Gasteiger partial charge in [-0.1, -0.05) is 24.3 Å². The molecular weight excluding hydrogens is 478 g/mol. The number of thiocarbonyl (C=S) groups is 1. The number of benzene rings is 2. The lowest BCUT2D eigenvalue weighted by Crippen LogP contribution is -2.29. The van der Waals surface area contributed by atoms with Crippen molar-refractivity contribution in [2.24, 2.45) is 0 Å². The van der Waals surface area contributed by atoms with Gasteiger partial charge in [0.2, 0.25) is 5.91 Å². The van der Waals surface area contributed by atoms with Crippen LogP contribution in [-0.4, -0.2) is 20.6 Å². The Morgan fingerprint density at radius 2 is 1.68 bits per heavy atom. The number of aryl methyl sites for hydroxylation is 3. The van der Waals surface area contributed by atoms with E-state index in [1.165, 1.54) is 40.7 Å². The SMILES string of the molecule is CC(=O)Nc1ccc(N2C(=S)N[C@@H](c3ccccn3)[C@H]2c2cc(C)n(-c3c(C)cccc3C)c2C)cc1. The lowest BCUT2D eigenvalue weighted by atomic mass is 9.96. The number of nitrogens with one attached hydrogen (secondary N) is 2. The second-order valence-electron chi connectivity index (χ2n) is 9.63. The minimum Gasteiger partial charge on any atom is -0.351 e. The first-order valence-electron chi connectivity index (χ1n) is 12.4. The number of hydrogen-bond acceptors (Lipinski definition) is 3. The number of amides is 1. The zero-order valence-electron chi connectivity index (χ0n) is 21.7. The summed E-state index contributed by atoms with van der Waals surface area (Å²) in [7, 11) is 0. The topological polar surface area (TPSA) is 62.2 Å². The summed E-state index contributed by atoms with van der Waals surface area (Å²) >= 11 is 5.91. The number of carbonyl (C=O) groups excluding carboxylic acids is 1. The molecule has 0 unspecified atom stereocenters. The largest absolute Gasteiger partial charge is 0.351 e. The van der Waals surface area contributed by atoms with Gasteiger partial charge in [-0.3, -0.25) is 9.78 Å². The maximum Gasteiger partial charge on any atom is 0.221 e. The fourth-order valence-electron chi connectivity index (χ4n) is 5.45. The summed E-state index contributed by atoms with van der Waals surface area (Å²) in [6, 6.07) is 22.2. The van der Waals surface area contributed by atoms with E-state index in [-0.39, 0.29) is 18.0 Å². The minimum atomic E-state index is -0.129. The van der Waals surface area contributed by atoms with Crippen LogP contribution in [0.15, 0.2) is 72.9 Å². The first kappa shape index (κ1) is 24.7. The fraction of sp³-hybridized carbons (Fsp3) is 0.233. The molecule has 2 N–H and O–H groups in total. The van der Waals surface area contributed by atoms with Crippen molar-refractivity contribution in [2.75, 3.05) is 10.2 Å². The molecule has 0 bridgehead atoms. The maximum absolute atomic E-state index is 11.5. The Balaban J connectivity index is 1.66. The maximum atomic E-state index is 11.5. The van der Waals surface area contributed by atoms with Crippen molar-refractivity contribution in [3.63, 3.8) is 0 Å². The van der Waals surface area contributed by atoms with Crippen LogP contribution in [0.4, 0.5) is 11.4 Å². The molecule has 2 aromatic carbocycles. The number of hydrogen-bond donors (Lipinski definition) is 2. The van der Waals surface area contributed by atoms with Crippen molar-refractivity contribution in [1.29, 1.82) is 0 Å². The van der Waals surface area contributed by atoms with Crippen LogP contribution in [0, 0.1) is 27.7 Å². The summed E-state index contributed by atoms with van der Waals surface area (Å²) in [6.07, 6.45) is 1.82. The normalized spacial score (nSPS) is 17.1. The molecule has 3 heterocycles. The smallest absolute Gasteiger partial charge is 0.221 e. The second kappa shape index (κ2) is 9.82. The molecule has 0 aliphatic carbocycles. The number of carbonyl (C=O) groups is 1. The summed E-state index contributed by atoms with van der Waals surface area (Å²) < 4.78 is 2.36. The molecule has 2 aromatic heterocycles. The summed E-state index contributed by atoms with van der Waals surface area (Å²) in [5.41, 5.74) is 9.86. The monoisotopic (exact) mass is 509 g/mol. The third kappa shape index (κ3) is 4.51. The molecular formula is C30H31N5OS. The van der Waals surface area contributed by atoms with Gasteiger partial charge in [0.1, 0.15) is 0 Å². The van der Waals surface area contributed by atoms with E-state index in [0.717, 1.165) is 17.1 Å². The van der Waals surface area contributed by atoms with Crippen molar-refractivity contribution in [3.8, 4) is 5.69 Å². The van der Waals surface area contributed by atoms with Gasteiger partial charge in [0.15, 0.2) is 5.11 Å². The zero-order chi connectivity index (χ0) is 26.3. The van der Waals surface area contributed by atoms with Crippen LogP contribution in [0.25, 0.3) is 5.69 Å². The molecule has 1 saturated heterocycles. The van der Waals surface area contributed by atoms with E-state index in [4.69, 9.17) is 12.2 Å². The van der Waals surface area contributed by atoms with Gasteiger partial charge < -0.3 is 20.1 Å². The highest BCUT2D eigenvalue weighted by molar-refractivity contribution is 7.80. The van der Waals surface area contributed by atoms with Gasteiger partial charge >= 0.3 is 0 Å². The molecule has 188 valence electrons. The molecule has 37 heavy (non-hydrogen) atoms. The van der Waals surface area contributed by atoms with E-state index in [1.807, 2.05) is 48.7 Å². The number of anilines is 2. The molecule has 4 aromatic rings. The third-order valence-corrected chi connectivity index (χ3v) is 7.33. The number of para-hydroxylation sites is 1. The lowest BCUT2D eigenvalue weighted by Gasteiger charge is -2.28. The molecule has 2 atom stereocenters. The van der Waals surface area contributed by atoms with Crippen molar-refractivity contribution in [3.05, 3.63) is 107 Å². The Morgan fingerprint density at radius 1 is 0.973 bits per heavy atom. The zero-order valence-corrected chi connectivity index (χ0v) is 22.6. The Labute approximate surface area is 223 Å². The molecule has 7 heteroatoms.